The normalized spacial score (nSPS) is 12.5. The van der Waals surface area contributed by atoms with Crippen molar-refractivity contribution in [2.45, 2.75) is 7.96 Å². The second-order valence-electron chi connectivity index (χ2n) is 1.47. The van der Waals surface area contributed by atoms with E-state index >= 15 is 0 Å². The Balaban J connectivity index is 3.92. The molecule has 0 aromatic carbocycles. The van der Waals surface area contributed by atoms with E-state index in [1.807, 2.05) is 0 Å². The van der Waals surface area contributed by atoms with Gasteiger partial charge in [-0.15, -0.1) is 0 Å². The SMILES string of the molecule is C=C(OC(Cl)(Cl)Cl)OC(Cl)(Cl)Cl. The summed E-state index contributed by atoms with van der Waals surface area (Å²) in [4.78, 5) is 0. The maximum atomic E-state index is 5.20. The van der Waals surface area contributed by atoms with Crippen molar-refractivity contribution in [2.24, 2.45) is 0 Å². The molecule has 0 bridgehead atoms. The third kappa shape index (κ3) is 9.17. The first-order valence-corrected chi connectivity index (χ1v) is 4.57. The molecule has 12 heavy (non-hydrogen) atoms. The molecule has 0 unspecified atom stereocenters. The van der Waals surface area contributed by atoms with Crippen LogP contribution in [0.25, 0.3) is 0 Å². The van der Waals surface area contributed by atoms with Crippen LogP contribution in [0.15, 0.2) is 12.5 Å². The van der Waals surface area contributed by atoms with Crippen LogP contribution < -0.4 is 0 Å². The smallest absolute Gasteiger partial charge is 0.340 e. The molecule has 0 radical (unpaired) electrons. The molecule has 0 aromatic heterocycles. The van der Waals surface area contributed by atoms with Gasteiger partial charge in [-0.25, -0.2) is 0 Å². The second kappa shape index (κ2) is 4.54. The molecule has 0 N–H and O–H groups in total. The topological polar surface area (TPSA) is 18.5 Å². The molecule has 0 saturated heterocycles. The highest BCUT2D eigenvalue weighted by Gasteiger charge is 2.28. The van der Waals surface area contributed by atoms with Gasteiger partial charge in [-0.3, -0.25) is 0 Å². The molecule has 0 spiro atoms. The Morgan fingerprint density at radius 2 is 1.08 bits per heavy atom. The number of alkyl halides is 6. The van der Waals surface area contributed by atoms with Crippen LogP contribution in [0.1, 0.15) is 0 Å². The fourth-order valence-electron chi connectivity index (χ4n) is 0.279. The first-order valence-electron chi connectivity index (χ1n) is 2.30. The summed E-state index contributed by atoms with van der Waals surface area (Å²) >= 11 is 31.2. The van der Waals surface area contributed by atoms with Gasteiger partial charge in [-0.1, -0.05) is 0 Å². The molecule has 0 aliphatic carbocycles. The van der Waals surface area contributed by atoms with Crippen LogP contribution in [0, 0.1) is 0 Å². The predicted octanol–water partition coefficient (Wildman–Crippen LogP) is 4.15. The molecule has 0 rings (SSSR count). The summed E-state index contributed by atoms with van der Waals surface area (Å²) < 4.78 is 4.89. The summed E-state index contributed by atoms with van der Waals surface area (Å²) in [5, 5.41) is 0. The molecule has 0 heterocycles. The highest BCUT2D eigenvalue weighted by Crippen LogP contribution is 2.35. The zero-order valence-corrected chi connectivity index (χ0v) is 9.83. The lowest BCUT2D eigenvalue weighted by Gasteiger charge is -2.19. The van der Waals surface area contributed by atoms with Crippen molar-refractivity contribution in [3.63, 3.8) is 0 Å². The summed E-state index contributed by atoms with van der Waals surface area (Å²) in [6, 6.07) is 0. The van der Waals surface area contributed by atoms with E-state index in [0.717, 1.165) is 0 Å². The summed E-state index contributed by atoms with van der Waals surface area (Å²) in [5.74, 6) is -0.407. The molecular weight excluding hydrogens is 293 g/mol. The van der Waals surface area contributed by atoms with Crippen LogP contribution in [-0.2, 0) is 9.47 Å². The van der Waals surface area contributed by atoms with Gasteiger partial charge >= 0.3 is 7.96 Å². The fraction of sp³-hybridized carbons (Fsp3) is 0.500. The quantitative estimate of drug-likeness (QED) is 0.563. The van der Waals surface area contributed by atoms with Gasteiger partial charge in [0.25, 0.3) is 5.95 Å². The third-order valence-corrected chi connectivity index (χ3v) is 0.922. The molecule has 0 atom stereocenters. The lowest BCUT2D eigenvalue weighted by molar-refractivity contribution is 0.0301. The minimum absolute atomic E-state index is 0.407. The van der Waals surface area contributed by atoms with E-state index in [0.29, 0.717) is 0 Å². The Bertz CT molecular complexity index is 149. The van der Waals surface area contributed by atoms with Crippen molar-refractivity contribution in [3.05, 3.63) is 12.5 Å². The molecular formula is C4H2Cl6O2. The Morgan fingerprint density at radius 3 is 1.25 bits per heavy atom. The number of halogens is 6. The zero-order valence-electron chi connectivity index (χ0n) is 5.29. The molecule has 0 aromatic rings. The van der Waals surface area contributed by atoms with Crippen LogP contribution in [0.3, 0.4) is 0 Å². The molecule has 0 saturated carbocycles. The van der Waals surface area contributed by atoms with E-state index in [1.165, 1.54) is 0 Å². The third-order valence-electron chi connectivity index (χ3n) is 0.459. The largest absolute Gasteiger partial charge is 0.415 e. The van der Waals surface area contributed by atoms with Gasteiger partial charge in [-0.2, -0.15) is 0 Å². The van der Waals surface area contributed by atoms with Crippen LogP contribution in [0.4, 0.5) is 0 Å². The van der Waals surface area contributed by atoms with Crippen molar-refractivity contribution >= 4 is 69.6 Å². The lowest BCUT2D eigenvalue weighted by Crippen LogP contribution is -2.15. The minimum atomic E-state index is -1.99. The van der Waals surface area contributed by atoms with E-state index < -0.39 is 13.9 Å². The van der Waals surface area contributed by atoms with Crippen LogP contribution in [-0.4, -0.2) is 7.96 Å². The average molecular weight is 295 g/mol. The van der Waals surface area contributed by atoms with Crippen molar-refractivity contribution in [2.75, 3.05) is 0 Å². The summed E-state index contributed by atoms with van der Waals surface area (Å²) in [6.07, 6.45) is 0. The maximum Gasteiger partial charge on any atom is 0.340 e. The second-order valence-corrected chi connectivity index (χ2v) is 5.82. The van der Waals surface area contributed by atoms with Gasteiger partial charge in [0.1, 0.15) is 0 Å². The average Bonchev–Trinajstić information content (AvgIpc) is 1.49. The first kappa shape index (κ1) is 13.1. The van der Waals surface area contributed by atoms with Gasteiger partial charge in [0.15, 0.2) is 0 Å². The number of hydrogen-bond acceptors (Lipinski definition) is 2. The highest BCUT2D eigenvalue weighted by atomic mass is 35.6. The minimum Gasteiger partial charge on any atom is -0.415 e. The van der Waals surface area contributed by atoms with E-state index in [-0.39, 0.29) is 0 Å². The first-order chi connectivity index (χ1) is 5.10. The highest BCUT2D eigenvalue weighted by molar-refractivity contribution is 6.67. The Kier molecular flexibility index (Phi) is 4.95. The van der Waals surface area contributed by atoms with Crippen LogP contribution in [0.2, 0.25) is 0 Å². The van der Waals surface area contributed by atoms with Crippen molar-refractivity contribution in [1.29, 1.82) is 0 Å². The van der Waals surface area contributed by atoms with E-state index in [4.69, 9.17) is 69.6 Å². The van der Waals surface area contributed by atoms with Gasteiger partial charge in [0.2, 0.25) is 0 Å². The fourth-order valence-corrected chi connectivity index (χ4v) is 0.795. The summed E-state index contributed by atoms with van der Waals surface area (Å²) in [6.45, 7) is 3.17. The molecule has 0 aliphatic rings. The van der Waals surface area contributed by atoms with Crippen molar-refractivity contribution < 1.29 is 9.47 Å². The van der Waals surface area contributed by atoms with Crippen molar-refractivity contribution in [1.82, 2.24) is 0 Å². The summed E-state index contributed by atoms with van der Waals surface area (Å²) in [5.41, 5.74) is 0. The van der Waals surface area contributed by atoms with E-state index in [9.17, 15) is 0 Å². The Morgan fingerprint density at radius 1 is 0.833 bits per heavy atom. The lowest BCUT2D eigenvalue weighted by atomic mass is 11.0. The van der Waals surface area contributed by atoms with Crippen LogP contribution in [0.5, 0.6) is 0 Å². The zero-order chi connectivity index (χ0) is 9.99. The van der Waals surface area contributed by atoms with Crippen LogP contribution >= 0.6 is 69.6 Å². The Labute approximate surface area is 99.2 Å². The van der Waals surface area contributed by atoms with Gasteiger partial charge in [0.05, 0.1) is 0 Å². The number of ether oxygens (including phenoxy) is 2. The van der Waals surface area contributed by atoms with E-state index in [1.54, 1.807) is 0 Å². The van der Waals surface area contributed by atoms with E-state index in [2.05, 4.69) is 16.1 Å². The van der Waals surface area contributed by atoms with Gasteiger partial charge < -0.3 is 9.47 Å². The molecule has 72 valence electrons. The Hall–Kier alpha value is 1.08. The molecule has 0 fully saturated rings. The standard InChI is InChI=1S/C4H2Cl6O2/c1-2(11-3(5,6)7)12-4(8,9)10/h1H2. The van der Waals surface area contributed by atoms with Gasteiger partial charge in [0, 0.05) is 0 Å². The maximum absolute atomic E-state index is 5.20. The van der Waals surface area contributed by atoms with Crippen molar-refractivity contribution in [3.8, 4) is 0 Å². The number of rotatable bonds is 2. The van der Waals surface area contributed by atoms with Gasteiger partial charge in [-0.05, 0) is 76.2 Å². The molecule has 0 aliphatic heterocycles. The monoisotopic (exact) mass is 292 g/mol. The molecule has 0 amide bonds. The molecule has 2 nitrogen and oxygen atoms in total. The predicted molar refractivity (Wildman–Crippen MR) is 51.9 cm³/mol. The number of hydrogen-bond donors (Lipinski definition) is 0. The molecule has 8 heteroatoms. The summed E-state index contributed by atoms with van der Waals surface area (Å²) in [7, 11) is 0.